The summed E-state index contributed by atoms with van der Waals surface area (Å²) in [5.41, 5.74) is 3.12. The van der Waals surface area contributed by atoms with Crippen molar-refractivity contribution in [1.29, 1.82) is 0 Å². The summed E-state index contributed by atoms with van der Waals surface area (Å²) >= 11 is 0. The van der Waals surface area contributed by atoms with Gasteiger partial charge in [-0.15, -0.1) is 0 Å². The van der Waals surface area contributed by atoms with Gasteiger partial charge in [-0.2, -0.15) is 0 Å². The molecule has 0 radical (unpaired) electrons. The van der Waals surface area contributed by atoms with Gasteiger partial charge in [0.1, 0.15) is 11.6 Å². The minimum Gasteiger partial charge on any atom is -0.496 e. The molecule has 0 aromatic heterocycles. The van der Waals surface area contributed by atoms with E-state index in [0.29, 0.717) is 6.04 Å². The first-order valence-corrected chi connectivity index (χ1v) is 7.39. The Morgan fingerprint density at radius 2 is 1.95 bits per heavy atom. The van der Waals surface area contributed by atoms with Gasteiger partial charge in [0.25, 0.3) is 0 Å². The van der Waals surface area contributed by atoms with Crippen molar-refractivity contribution in [2.45, 2.75) is 31.8 Å². The van der Waals surface area contributed by atoms with E-state index in [4.69, 9.17) is 4.74 Å². The second kappa shape index (κ2) is 6.27. The molecule has 1 aliphatic carbocycles. The molecule has 0 saturated carbocycles. The molecule has 2 aromatic rings. The first kappa shape index (κ1) is 14.1. The molecule has 0 bridgehead atoms. The average molecular weight is 285 g/mol. The molecule has 0 fully saturated rings. The van der Waals surface area contributed by atoms with E-state index in [0.717, 1.165) is 42.7 Å². The summed E-state index contributed by atoms with van der Waals surface area (Å²) in [6, 6.07) is 14.0. The van der Waals surface area contributed by atoms with Crippen LogP contribution in [0.3, 0.4) is 0 Å². The molecule has 2 nitrogen and oxygen atoms in total. The fraction of sp³-hybridized carbons (Fsp3) is 0.333. The predicted molar refractivity (Wildman–Crippen MR) is 82.0 cm³/mol. The molecule has 0 saturated heterocycles. The summed E-state index contributed by atoms with van der Waals surface area (Å²) in [4.78, 5) is 0. The first-order valence-electron chi connectivity index (χ1n) is 7.39. The van der Waals surface area contributed by atoms with Gasteiger partial charge in [0, 0.05) is 18.2 Å². The van der Waals surface area contributed by atoms with E-state index in [-0.39, 0.29) is 5.82 Å². The monoisotopic (exact) mass is 285 g/mol. The van der Waals surface area contributed by atoms with E-state index in [1.54, 1.807) is 13.2 Å². The molecule has 2 aromatic carbocycles. The van der Waals surface area contributed by atoms with Gasteiger partial charge in [-0.3, -0.25) is 0 Å². The van der Waals surface area contributed by atoms with Crippen molar-refractivity contribution in [3.05, 3.63) is 65.0 Å². The van der Waals surface area contributed by atoms with Crippen LogP contribution in [0.5, 0.6) is 5.75 Å². The molecular weight excluding hydrogens is 265 g/mol. The standard InChI is InChI=1S/C18H20FNO/c1-21-18-10-9-17(19)15-8-7-14(11-16(15)18)20-12-13-5-3-2-4-6-13/h2-6,9-10,14,20H,7-8,11-12H2,1H3/t14-/m1/s1. The molecule has 0 aliphatic heterocycles. The Morgan fingerprint density at radius 3 is 2.71 bits per heavy atom. The highest BCUT2D eigenvalue weighted by Crippen LogP contribution is 2.31. The van der Waals surface area contributed by atoms with Gasteiger partial charge in [-0.25, -0.2) is 4.39 Å². The lowest BCUT2D eigenvalue weighted by Gasteiger charge is -2.27. The number of nitrogens with one attached hydrogen (secondary N) is 1. The lowest BCUT2D eigenvalue weighted by molar-refractivity contribution is 0.389. The molecule has 21 heavy (non-hydrogen) atoms. The highest BCUT2D eigenvalue weighted by Gasteiger charge is 2.23. The van der Waals surface area contributed by atoms with Crippen LogP contribution in [0.25, 0.3) is 0 Å². The van der Waals surface area contributed by atoms with Crippen LogP contribution in [0.1, 0.15) is 23.1 Å². The molecule has 3 rings (SSSR count). The second-order valence-corrected chi connectivity index (χ2v) is 5.51. The zero-order valence-corrected chi connectivity index (χ0v) is 12.2. The number of hydrogen-bond acceptors (Lipinski definition) is 2. The Bertz CT molecular complexity index is 612. The topological polar surface area (TPSA) is 21.3 Å². The molecule has 0 unspecified atom stereocenters. The molecule has 1 aliphatic rings. The maximum atomic E-state index is 13.9. The molecule has 3 heteroatoms. The number of benzene rings is 2. The van der Waals surface area contributed by atoms with Crippen LogP contribution in [0.2, 0.25) is 0 Å². The summed E-state index contributed by atoms with van der Waals surface area (Å²) in [5, 5.41) is 3.57. The summed E-state index contributed by atoms with van der Waals surface area (Å²) in [6.07, 6.45) is 2.55. The first-order chi connectivity index (χ1) is 10.3. The fourth-order valence-corrected chi connectivity index (χ4v) is 3.03. The van der Waals surface area contributed by atoms with E-state index in [1.807, 2.05) is 18.2 Å². The number of ether oxygens (including phenoxy) is 1. The van der Waals surface area contributed by atoms with Crippen LogP contribution >= 0.6 is 0 Å². The third kappa shape index (κ3) is 3.08. The van der Waals surface area contributed by atoms with Crippen molar-refractivity contribution in [3.8, 4) is 5.75 Å². The lowest BCUT2D eigenvalue weighted by Crippen LogP contribution is -2.34. The quantitative estimate of drug-likeness (QED) is 0.928. The maximum Gasteiger partial charge on any atom is 0.126 e. The van der Waals surface area contributed by atoms with Gasteiger partial charge in [-0.05, 0) is 42.5 Å². The Kier molecular flexibility index (Phi) is 4.20. The van der Waals surface area contributed by atoms with Crippen LogP contribution < -0.4 is 10.1 Å². The Balaban J connectivity index is 1.71. The highest BCUT2D eigenvalue weighted by molar-refractivity contribution is 5.43. The van der Waals surface area contributed by atoms with Gasteiger partial charge >= 0.3 is 0 Å². The summed E-state index contributed by atoms with van der Waals surface area (Å²) < 4.78 is 19.3. The number of rotatable bonds is 4. The summed E-state index contributed by atoms with van der Waals surface area (Å²) in [5.74, 6) is 0.699. The zero-order valence-electron chi connectivity index (χ0n) is 12.2. The highest BCUT2D eigenvalue weighted by atomic mass is 19.1. The van der Waals surface area contributed by atoms with Crippen LogP contribution in [0, 0.1) is 5.82 Å². The SMILES string of the molecule is COc1ccc(F)c2c1C[C@H](NCc1ccccc1)CC2. The van der Waals surface area contributed by atoms with Gasteiger partial charge in [0.2, 0.25) is 0 Å². The Hall–Kier alpha value is -1.87. The van der Waals surface area contributed by atoms with Crippen molar-refractivity contribution < 1.29 is 9.13 Å². The Morgan fingerprint density at radius 1 is 1.14 bits per heavy atom. The van der Waals surface area contributed by atoms with Gasteiger partial charge < -0.3 is 10.1 Å². The van der Waals surface area contributed by atoms with Crippen molar-refractivity contribution in [3.63, 3.8) is 0 Å². The van der Waals surface area contributed by atoms with Crippen LogP contribution in [0.15, 0.2) is 42.5 Å². The molecule has 1 N–H and O–H groups in total. The largest absolute Gasteiger partial charge is 0.496 e. The normalized spacial score (nSPS) is 17.3. The molecule has 0 heterocycles. The van der Waals surface area contributed by atoms with Crippen molar-refractivity contribution in [2.75, 3.05) is 7.11 Å². The molecule has 0 amide bonds. The van der Waals surface area contributed by atoms with E-state index in [1.165, 1.54) is 11.6 Å². The third-order valence-corrected chi connectivity index (χ3v) is 4.18. The van der Waals surface area contributed by atoms with E-state index < -0.39 is 0 Å². The lowest BCUT2D eigenvalue weighted by atomic mass is 9.87. The second-order valence-electron chi connectivity index (χ2n) is 5.51. The Labute approximate surface area is 125 Å². The molecular formula is C18H20FNO. The predicted octanol–water partition coefficient (Wildman–Crippen LogP) is 3.48. The zero-order chi connectivity index (χ0) is 14.7. The summed E-state index contributed by atoms with van der Waals surface area (Å²) in [7, 11) is 1.65. The fourth-order valence-electron chi connectivity index (χ4n) is 3.03. The number of methoxy groups -OCH3 is 1. The van der Waals surface area contributed by atoms with E-state index in [2.05, 4.69) is 17.4 Å². The van der Waals surface area contributed by atoms with Crippen molar-refractivity contribution >= 4 is 0 Å². The number of hydrogen-bond donors (Lipinski definition) is 1. The van der Waals surface area contributed by atoms with Crippen LogP contribution in [0.4, 0.5) is 4.39 Å². The smallest absolute Gasteiger partial charge is 0.126 e. The van der Waals surface area contributed by atoms with Gasteiger partial charge in [-0.1, -0.05) is 30.3 Å². The van der Waals surface area contributed by atoms with E-state index in [9.17, 15) is 4.39 Å². The maximum absolute atomic E-state index is 13.9. The molecule has 110 valence electrons. The van der Waals surface area contributed by atoms with Gasteiger partial charge in [0.05, 0.1) is 7.11 Å². The average Bonchev–Trinajstić information content (AvgIpc) is 2.54. The van der Waals surface area contributed by atoms with Crippen molar-refractivity contribution in [1.82, 2.24) is 5.32 Å². The minimum absolute atomic E-state index is 0.104. The van der Waals surface area contributed by atoms with Crippen LogP contribution in [-0.2, 0) is 19.4 Å². The van der Waals surface area contributed by atoms with Crippen LogP contribution in [-0.4, -0.2) is 13.2 Å². The molecule has 1 atom stereocenters. The summed E-state index contributed by atoms with van der Waals surface area (Å²) in [6.45, 7) is 0.846. The molecule has 0 spiro atoms. The van der Waals surface area contributed by atoms with Crippen molar-refractivity contribution in [2.24, 2.45) is 0 Å². The number of fused-ring (bicyclic) bond motifs is 1. The van der Waals surface area contributed by atoms with Gasteiger partial charge in [0.15, 0.2) is 0 Å². The third-order valence-electron chi connectivity index (χ3n) is 4.18. The van der Waals surface area contributed by atoms with E-state index >= 15 is 0 Å². The minimum atomic E-state index is -0.104. The number of halogens is 1.